The maximum absolute atomic E-state index is 3.45. The zero-order valence-corrected chi connectivity index (χ0v) is 10.4. The first-order valence-corrected chi connectivity index (χ1v) is 6.67. The van der Waals surface area contributed by atoms with Crippen molar-refractivity contribution in [3.8, 4) is 11.1 Å². The second-order valence-corrected chi connectivity index (χ2v) is 4.60. The second kappa shape index (κ2) is 5.83. The van der Waals surface area contributed by atoms with E-state index in [9.17, 15) is 0 Å². The van der Waals surface area contributed by atoms with E-state index >= 15 is 0 Å². The predicted octanol–water partition coefficient (Wildman–Crippen LogP) is 3.91. The summed E-state index contributed by atoms with van der Waals surface area (Å²) in [5, 5.41) is 7.93. The average Bonchev–Trinajstić information content (AvgIpc) is 2.79. The number of rotatable bonds is 5. The summed E-state index contributed by atoms with van der Waals surface area (Å²) in [6, 6.07) is 10.6. The minimum Gasteiger partial charge on any atom is -0.313 e. The highest BCUT2D eigenvalue weighted by Gasteiger charge is 2.04. The Bertz CT molecular complexity index is 419. The Labute approximate surface area is 101 Å². The first-order chi connectivity index (χ1) is 7.92. The lowest BCUT2D eigenvalue weighted by molar-refractivity contribution is 0.677. The molecule has 1 aromatic heterocycles. The Kier molecular flexibility index (Phi) is 4.14. The van der Waals surface area contributed by atoms with Crippen molar-refractivity contribution in [2.75, 3.05) is 6.54 Å². The van der Waals surface area contributed by atoms with Crippen LogP contribution in [0.3, 0.4) is 0 Å². The van der Waals surface area contributed by atoms with E-state index in [4.69, 9.17) is 0 Å². The quantitative estimate of drug-likeness (QED) is 0.769. The Morgan fingerprint density at radius 1 is 1.12 bits per heavy atom. The SMILES string of the molecule is CCCNCc1cscc1-c1ccccc1. The lowest BCUT2D eigenvalue weighted by Crippen LogP contribution is -2.13. The maximum Gasteiger partial charge on any atom is 0.0219 e. The Hall–Kier alpha value is -1.12. The predicted molar refractivity (Wildman–Crippen MR) is 71.8 cm³/mol. The standard InChI is InChI=1S/C14H17NS/c1-2-8-15-9-13-10-16-11-14(13)12-6-4-3-5-7-12/h3-7,10-11,15H,2,8-9H2,1H3. The number of hydrogen-bond donors (Lipinski definition) is 1. The van der Waals surface area contributed by atoms with Crippen molar-refractivity contribution in [1.29, 1.82) is 0 Å². The zero-order valence-electron chi connectivity index (χ0n) is 9.57. The Morgan fingerprint density at radius 2 is 1.94 bits per heavy atom. The summed E-state index contributed by atoms with van der Waals surface area (Å²) in [4.78, 5) is 0. The van der Waals surface area contributed by atoms with E-state index in [1.807, 2.05) is 0 Å². The molecule has 0 aliphatic heterocycles. The third-order valence-electron chi connectivity index (χ3n) is 2.57. The van der Waals surface area contributed by atoms with Gasteiger partial charge in [-0.3, -0.25) is 0 Å². The van der Waals surface area contributed by atoms with E-state index in [-0.39, 0.29) is 0 Å². The molecule has 0 unspecified atom stereocenters. The van der Waals surface area contributed by atoms with Gasteiger partial charge in [-0.25, -0.2) is 0 Å². The third kappa shape index (κ3) is 2.71. The normalized spacial score (nSPS) is 10.6. The molecule has 1 nitrogen and oxygen atoms in total. The molecule has 2 rings (SSSR count). The molecule has 0 radical (unpaired) electrons. The number of thiophene rings is 1. The molecule has 0 saturated heterocycles. The van der Waals surface area contributed by atoms with E-state index in [2.05, 4.69) is 53.3 Å². The summed E-state index contributed by atoms with van der Waals surface area (Å²) >= 11 is 1.78. The summed E-state index contributed by atoms with van der Waals surface area (Å²) in [5.41, 5.74) is 4.09. The van der Waals surface area contributed by atoms with E-state index in [1.54, 1.807) is 11.3 Å². The van der Waals surface area contributed by atoms with Crippen LogP contribution in [0.4, 0.5) is 0 Å². The van der Waals surface area contributed by atoms with E-state index < -0.39 is 0 Å². The van der Waals surface area contributed by atoms with E-state index in [1.165, 1.54) is 23.1 Å². The minimum atomic E-state index is 0.974. The van der Waals surface area contributed by atoms with Crippen LogP contribution in [0, 0.1) is 0 Å². The summed E-state index contributed by atoms with van der Waals surface area (Å²) in [7, 11) is 0. The van der Waals surface area contributed by atoms with E-state index in [0.29, 0.717) is 0 Å². The fraction of sp³-hybridized carbons (Fsp3) is 0.286. The molecule has 0 fully saturated rings. The fourth-order valence-corrected chi connectivity index (χ4v) is 2.60. The van der Waals surface area contributed by atoms with Crippen LogP contribution in [0.1, 0.15) is 18.9 Å². The van der Waals surface area contributed by atoms with Crippen molar-refractivity contribution in [3.63, 3.8) is 0 Å². The molecule has 0 bridgehead atoms. The molecule has 1 aromatic carbocycles. The molecule has 1 N–H and O–H groups in total. The van der Waals surface area contributed by atoms with Crippen LogP contribution in [0.25, 0.3) is 11.1 Å². The topological polar surface area (TPSA) is 12.0 Å². The number of nitrogens with one attached hydrogen (secondary N) is 1. The summed E-state index contributed by atoms with van der Waals surface area (Å²) < 4.78 is 0. The maximum atomic E-state index is 3.45. The van der Waals surface area contributed by atoms with E-state index in [0.717, 1.165) is 13.1 Å². The van der Waals surface area contributed by atoms with Gasteiger partial charge in [0, 0.05) is 6.54 Å². The molecule has 16 heavy (non-hydrogen) atoms. The van der Waals surface area contributed by atoms with Crippen LogP contribution in [0.5, 0.6) is 0 Å². The highest BCUT2D eigenvalue weighted by molar-refractivity contribution is 7.08. The number of benzene rings is 1. The molecular formula is C14H17NS. The minimum absolute atomic E-state index is 0.974. The van der Waals surface area contributed by atoms with Gasteiger partial charge < -0.3 is 5.32 Å². The van der Waals surface area contributed by atoms with Gasteiger partial charge in [-0.05, 0) is 40.4 Å². The molecule has 0 atom stereocenters. The molecule has 1 heterocycles. The largest absolute Gasteiger partial charge is 0.313 e. The highest BCUT2D eigenvalue weighted by atomic mass is 32.1. The zero-order chi connectivity index (χ0) is 11.2. The molecule has 84 valence electrons. The first kappa shape index (κ1) is 11.4. The van der Waals surface area contributed by atoms with Gasteiger partial charge in [0.05, 0.1) is 0 Å². The van der Waals surface area contributed by atoms with Gasteiger partial charge in [-0.1, -0.05) is 37.3 Å². The van der Waals surface area contributed by atoms with Gasteiger partial charge in [-0.15, -0.1) is 0 Å². The van der Waals surface area contributed by atoms with Gasteiger partial charge in [0.2, 0.25) is 0 Å². The molecule has 0 aliphatic rings. The first-order valence-electron chi connectivity index (χ1n) is 5.73. The van der Waals surface area contributed by atoms with Gasteiger partial charge >= 0.3 is 0 Å². The van der Waals surface area contributed by atoms with Crippen LogP contribution in [-0.2, 0) is 6.54 Å². The lowest BCUT2D eigenvalue weighted by Gasteiger charge is -2.05. The summed E-state index contributed by atoms with van der Waals surface area (Å²) in [5.74, 6) is 0. The van der Waals surface area contributed by atoms with Crippen molar-refractivity contribution >= 4 is 11.3 Å². The Morgan fingerprint density at radius 3 is 2.69 bits per heavy atom. The fourth-order valence-electron chi connectivity index (χ4n) is 1.73. The van der Waals surface area contributed by atoms with Gasteiger partial charge in [-0.2, -0.15) is 11.3 Å². The lowest BCUT2D eigenvalue weighted by atomic mass is 10.1. The van der Waals surface area contributed by atoms with Crippen LogP contribution >= 0.6 is 11.3 Å². The van der Waals surface area contributed by atoms with Gasteiger partial charge in [0.1, 0.15) is 0 Å². The van der Waals surface area contributed by atoms with Crippen molar-refractivity contribution < 1.29 is 0 Å². The van der Waals surface area contributed by atoms with Crippen LogP contribution in [-0.4, -0.2) is 6.54 Å². The second-order valence-electron chi connectivity index (χ2n) is 3.85. The van der Waals surface area contributed by atoms with Crippen molar-refractivity contribution in [3.05, 3.63) is 46.7 Å². The van der Waals surface area contributed by atoms with Crippen LogP contribution in [0.15, 0.2) is 41.1 Å². The molecule has 0 saturated carbocycles. The summed E-state index contributed by atoms with van der Waals surface area (Å²) in [6.45, 7) is 4.25. The molecule has 2 aromatic rings. The average molecular weight is 231 g/mol. The van der Waals surface area contributed by atoms with Crippen molar-refractivity contribution in [2.45, 2.75) is 19.9 Å². The number of hydrogen-bond acceptors (Lipinski definition) is 2. The smallest absolute Gasteiger partial charge is 0.0219 e. The van der Waals surface area contributed by atoms with Crippen molar-refractivity contribution in [1.82, 2.24) is 5.32 Å². The monoisotopic (exact) mass is 231 g/mol. The highest BCUT2D eigenvalue weighted by Crippen LogP contribution is 2.26. The molecule has 0 aliphatic carbocycles. The third-order valence-corrected chi connectivity index (χ3v) is 3.36. The van der Waals surface area contributed by atoms with Crippen LogP contribution in [0.2, 0.25) is 0 Å². The molecule has 0 amide bonds. The Balaban J connectivity index is 2.13. The van der Waals surface area contributed by atoms with Gasteiger partial charge in [0.25, 0.3) is 0 Å². The molecule has 2 heteroatoms. The van der Waals surface area contributed by atoms with Gasteiger partial charge in [0.15, 0.2) is 0 Å². The van der Waals surface area contributed by atoms with Crippen molar-refractivity contribution in [2.24, 2.45) is 0 Å². The molecular weight excluding hydrogens is 214 g/mol. The van der Waals surface area contributed by atoms with Crippen LogP contribution < -0.4 is 5.32 Å². The molecule has 0 spiro atoms. The summed E-state index contributed by atoms with van der Waals surface area (Å²) in [6.07, 6.45) is 1.19.